The van der Waals surface area contributed by atoms with E-state index in [1.165, 1.54) is 40.4 Å². The van der Waals surface area contributed by atoms with Gasteiger partial charge < -0.3 is 26.0 Å². The standard InChI is InChI=1S/C21H24FN9O9P2S2/c22-11-15-10(38-20(11)30-6-28-12-8(23)1-2-25-18(12)30)4-36-42(34,44)40-16-14(32)9(3-35-41(33,43)39-15)37-21(16)31-7-29-13-17(24)26-5-27-19(13)31/h1-2,5-7,9-11,14-16,20-21,32H,3-4H2,(H2,23,25)(H,33,43)(H,34,44)(H2,24,26,27)/t9-,10-,11-,14-,15-,16-,20-,21-,41?,42-/m1/s1. The number of nitrogens with zero attached hydrogens (tertiary/aromatic N) is 7. The van der Waals surface area contributed by atoms with Crippen LogP contribution in [0.4, 0.5) is 15.9 Å². The third kappa shape index (κ3) is 5.28. The van der Waals surface area contributed by atoms with Crippen LogP contribution in [-0.4, -0.2) is 89.1 Å². The first-order chi connectivity index (χ1) is 20.9. The number of pyridine rings is 1. The second-order valence-electron chi connectivity index (χ2n) is 10.0. The highest BCUT2D eigenvalue weighted by Crippen LogP contribution is 2.60. The van der Waals surface area contributed by atoms with Crippen molar-refractivity contribution in [2.75, 3.05) is 24.7 Å². The Kier molecular flexibility index (Phi) is 7.65. The van der Waals surface area contributed by atoms with Gasteiger partial charge in [0, 0.05) is 6.20 Å². The molecular formula is C21H24FN9O9P2S2. The first kappa shape index (κ1) is 30.2. The highest BCUT2D eigenvalue weighted by Gasteiger charge is 2.53. The van der Waals surface area contributed by atoms with Gasteiger partial charge >= 0.3 is 13.6 Å². The van der Waals surface area contributed by atoms with Crippen molar-refractivity contribution in [2.24, 2.45) is 0 Å². The van der Waals surface area contributed by atoms with Crippen molar-refractivity contribution >= 4 is 71.9 Å². The van der Waals surface area contributed by atoms with Gasteiger partial charge in [-0.3, -0.25) is 27.2 Å². The summed E-state index contributed by atoms with van der Waals surface area (Å²) in [6.07, 6.45) is -6.50. The molecule has 7 rings (SSSR count). The Labute approximate surface area is 256 Å². The van der Waals surface area contributed by atoms with E-state index in [4.69, 9.17) is 39.0 Å². The molecule has 0 spiro atoms. The molecule has 0 radical (unpaired) electrons. The van der Waals surface area contributed by atoms with Gasteiger partial charge in [-0.25, -0.2) is 38.4 Å². The van der Waals surface area contributed by atoms with Gasteiger partial charge in [-0.1, -0.05) is 24.5 Å². The van der Waals surface area contributed by atoms with E-state index < -0.39 is 76.0 Å². The van der Waals surface area contributed by atoms with Crippen LogP contribution in [0.2, 0.25) is 0 Å². The molecule has 0 amide bonds. The number of rotatable bonds is 2. The molecule has 5 N–H and O–H groups in total. The maximum absolute atomic E-state index is 16.0. The summed E-state index contributed by atoms with van der Waals surface area (Å²) in [5.41, 5.74) is 13.1. The summed E-state index contributed by atoms with van der Waals surface area (Å²) < 4.78 is 79.5. The van der Waals surface area contributed by atoms with Crippen LogP contribution in [0.3, 0.4) is 0 Å². The fourth-order valence-corrected chi connectivity index (χ4v) is 8.21. The number of aliphatic hydroxyl groups is 1. The average Bonchev–Trinajstić information content (AvgIpc) is 3.73. The zero-order chi connectivity index (χ0) is 31.0. The smallest absolute Gasteiger partial charge is 0.386 e. The van der Waals surface area contributed by atoms with Crippen molar-refractivity contribution in [3.8, 4) is 0 Å². The van der Waals surface area contributed by atoms with E-state index in [2.05, 4.69) is 49.4 Å². The highest BCUT2D eigenvalue weighted by atomic mass is 32.7. The van der Waals surface area contributed by atoms with Gasteiger partial charge in [0.2, 0.25) is 0 Å². The van der Waals surface area contributed by atoms with Crippen LogP contribution in [0.1, 0.15) is 12.5 Å². The zero-order valence-electron chi connectivity index (χ0n) is 22.1. The number of imidazole rings is 2. The molecule has 0 saturated carbocycles. The Hall–Kier alpha value is -2.42. The lowest BCUT2D eigenvalue weighted by Gasteiger charge is -2.26. The normalized spacial score (nSPS) is 38.3. The molecule has 0 aromatic carbocycles. The number of halogens is 1. The van der Waals surface area contributed by atoms with Gasteiger partial charge in [-0.05, 0) is 6.07 Å². The molecule has 23 heteroatoms. The van der Waals surface area contributed by atoms with Gasteiger partial charge in [0.25, 0.3) is 0 Å². The Morgan fingerprint density at radius 1 is 0.864 bits per heavy atom. The minimum Gasteiger partial charge on any atom is -0.397 e. The van der Waals surface area contributed by atoms with Crippen LogP contribution in [0.25, 0.3) is 22.3 Å². The van der Waals surface area contributed by atoms with E-state index in [0.29, 0.717) is 11.2 Å². The van der Waals surface area contributed by atoms with Gasteiger partial charge in [0.05, 0.1) is 31.6 Å². The Balaban J connectivity index is 1.20. The van der Waals surface area contributed by atoms with Crippen LogP contribution in [0.5, 0.6) is 0 Å². The van der Waals surface area contributed by atoms with Gasteiger partial charge in [-0.2, -0.15) is 0 Å². The number of anilines is 2. The number of hydrogen-bond acceptors (Lipinski definition) is 16. The van der Waals surface area contributed by atoms with Crippen molar-refractivity contribution in [3.63, 3.8) is 0 Å². The molecular weight excluding hydrogens is 667 g/mol. The summed E-state index contributed by atoms with van der Waals surface area (Å²) in [6.45, 7) is -9.88. The molecule has 3 fully saturated rings. The first-order valence-electron chi connectivity index (χ1n) is 12.9. The fourth-order valence-electron chi connectivity index (χ4n) is 5.27. The molecule has 1 unspecified atom stereocenters. The number of nitrogen functional groups attached to an aromatic ring is 2. The SMILES string of the molecule is Nc1ccnc2c1ncn2[C@@H]1O[C@@H]2CO[P@@](=O)(S)O[C@@H]3[C@H](O)[C@@H](COP(=O)(S)O[C@H]2[C@H]1F)O[C@H]3n1cnc2c(N)ncnc21. The number of nitrogens with two attached hydrogens (primary N) is 2. The minimum atomic E-state index is -4.35. The summed E-state index contributed by atoms with van der Waals surface area (Å²) in [5.74, 6) is 0.0849. The highest BCUT2D eigenvalue weighted by molar-refractivity contribution is 8.44. The maximum Gasteiger partial charge on any atom is 0.386 e. The van der Waals surface area contributed by atoms with Crippen molar-refractivity contribution in [3.05, 3.63) is 31.2 Å². The number of aliphatic hydroxyl groups excluding tert-OH is 1. The van der Waals surface area contributed by atoms with Crippen LogP contribution < -0.4 is 11.5 Å². The molecule has 7 heterocycles. The molecule has 3 aliphatic rings. The summed E-state index contributed by atoms with van der Waals surface area (Å²) >= 11 is 8.10. The summed E-state index contributed by atoms with van der Waals surface area (Å²) in [7, 11) is 0. The number of thiol groups is 2. The molecule has 44 heavy (non-hydrogen) atoms. The number of alkyl halides is 1. The van der Waals surface area contributed by atoms with Crippen molar-refractivity contribution < 1.29 is 46.2 Å². The molecule has 4 aromatic rings. The van der Waals surface area contributed by atoms with Crippen molar-refractivity contribution in [2.45, 2.75) is 49.1 Å². The van der Waals surface area contributed by atoms with Gasteiger partial charge in [-0.15, -0.1) is 0 Å². The molecule has 236 valence electrons. The largest absolute Gasteiger partial charge is 0.397 e. The second-order valence-corrected chi connectivity index (χ2v) is 15.8. The van der Waals surface area contributed by atoms with Gasteiger partial charge in [0.15, 0.2) is 35.7 Å². The first-order valence-corrected chi connectivity index (χ1v) is 18.3. The van der Waals surface area contributed by atoms with Crippen LogP contribution in [0, 0.1) is 0 Å². The summed E-state index contributed by atoms with van der Waals surface area (Å²) in [6, 6.07) is 1.53. The lowest BCUT2D eigenvalue weighted by molar-refractivity contribution is -0.0568. The third-order valence-electron chi connectivity index (χ3n) is 7.32. The Bertz CT molecular complexity index is 1840. The van der Waals surface area contributed by atoms with E-state index in [0.717, 1.165) is 0 Å². The topological polar surface area (TPSA) is 236 Å². The monoisotopic (exact) mass is 691 g/mol. The fraction of sp³-hybridized carbons (Fsp3) is 0.476. The van der Waals surface area contributed by atoms with E-state index in [-0.39, 0.29) is 22.6 Å². The number of aromatic nitrogens is 7. The van der Waals surface area contributed by atoms with Crippen molar-refractivity contribution in [1.82, 2.24) is 34.1 Å². The predicted octanol–water partition coefficient (Wildman–Crippen LogP) is 1.82. The molecule has 4 aromatic heterocycles. The molecule has 3 aliphatic heterocycles. The molecule has 2 bridgehead atoms. The Morgan fingerprint density at radius 2 is 1.48 bits per heavy atom. The average molecular weight is 692 g/mol. The predicted molar refractivity (Wildman–Crippen MR) is 155 cm³/mol. The molecule has 3 saturated heterocycles. The number of hydrogen-bond donors (Lipinski definition) is 5. The minimum absolute atomic E-state index is 0.0849. The van der Waals surface area contributed by atoms with Crippen molar-refractivity contribution in [1.29, 1.82) is 0 Å². The lowest BCUT2D eigenvalue weighted by atomic mass is 10.1. The van der Waals surface area contributed by atoms with Crippen LogP contribution in [0.15, 0.2) is 31.2 Å². The summed E-state index contributed by atoms with van der Waals surface area (Å²) in [4.78, 5) is 20.6. The summed E-state index contributed by atoms with van der Waals surface area (Å²) in [5, 5.41) is 11.1. The van der Waals surface area contributed by atoms with E-state index in [1.807, 2.05) is 0 Å². The van der Waals surface area contributed by atoms with E-state index in [1.54, 1.807) is 0 Å². The zero-order valence-corrected chi connectivity index (χ0v) is 25.7. The lowest BCUT2D eigenvalue weighted by Crippen LogP contribution is -2.35. The molecule has 10 atom stereocenters. The quantitative estimate of drug-likeness (QED) is 0.149. The second kappa shape index (κ2) is 11.1. The van der Waals surface area contributed by atoms with Gasteiger partial charge in [0.1, 0.15) is 47.9 Å². The van der Waals surface area contributed by atoms with E-state index >= 15 is 4.39 Å². The van der Waals surface area contributed by atoms with Crippen LogP contribution in [-0.2, 0) is 36.7 Å². The number of ether oxygens (including phenoxy) is 2. The van der Waals surface area contributed by atoms with Crippen LogP contribution >= 0.6 is 38.1 Å². The molecule has 18 nitrogen and oxygen atoms in total. The van der Waals surface area contributed by atoms with E-state index in [9.17, 15) is 14.2 Å². The third-order valence-corrected chi connectivity index (χ3v) is 10.5. The Morgan fingerprint density at radius 3 is 2.23 bits per heavy atom. The molecule has 0 aliphatic carbocycles. The maximum atomic E-state index is 16.0. The number of fused-ring (bicyclic) bond motifs is 5.